The third-order valence-electron chi connectivity index (χ3n) is 1.47. The van der Waals surface area contributed by atoms with E-state index in [1.165, 1.54) is 17.9 Å². The monoisotopic (exact) mass is 230 g/mol. The predicted octanol–water partition coefficient (Wildman–Crippen LogP) is 0.655. The Morgan fingerprint density at radius 2 is 1.82 bits per heavy atom. The number of nitrogens with two attached hydrogens (primary N) is 2. The Morgan fingerprint density at radius 3 is 2.24 bits per heavy atom. The Hall–Kier alpha value is -2.79. The predicted molar refractivity (Wildman–Crippen MR) is 66.5 cm³/mol. The first-order chi connectivity index (χ1) is 8.19. The summed E-state index contributed by atoms with van der Waals surface area (Å²) in [6, 6.07) is 4.07. The van der Waals surface area contributed by atoms with Gasteiger partial charge in [0.05, 0.1) is 0 Å². The molecule has 0 aliphatic carbocycles. The first-order valence-corrected chi connectivity index (χ1v) is 4.62. The lowest BCUT2D eigenvalue weighted by Gasteiger charge is -1.91. The van der Waals surface area contributed by atoms with Crippen LogP contribution in [0.25, 0.3) is 6.20 Å². The molecule has 0 saturated heterocycles. The number of aromatic nitrogens is 1. The van der Waals surface area contributed by atoms with Crippen molar-refractivity contribution in [3.63, 3.8) is 0 Å². The zero-order valence-electron chi connectivity index (χ0n) is 9.58. The summed E-state index contributed by atoms with van der Waals surface area (Å²) < 4.78 is 1.93. The van der Waals surface area contributed by atoms with Gasteiger partial charge in [0.1, 0.15) is 0 Å². The summed E-state index contributed by atoms with van der Waals surface area (Å²) in [5.74, 6) is 0. The van der Waals surface area contributed by atoms with Crippen LogP contribution in [0.3, 0.4) is 0 Å². The van der Waals surface area contributed by atoms with E-state index >= 15 is 0 Å². The van der Waals surface area contributed by atoms with E-state index in [2.05, 4.69) is 30.7 Å². The molecule has 0 saturated carbocycles. The second kappa shape index (κ2) is 13.2. The summed E-state index contributed by atoms with van der Waals surface area (Å²) in [6.07, 6.45) is 11.1. The van der Waals surface area contributed by atoms with Crippen molar-refractivity contribution in [2.75, 3.05) is 0 Å². The third kappa shape index (κ3) is 11.1. The fourth-order valence-corrected chi connectivity index (χ4v) is 0.945. The van der Waals surface area contributed by atoms with Gasteiger partial charge in [-0.05, 0) is 19.1 Å². The van der Waals surface area contributed by atoms with Crippen LogP contribution < -0.4 is 16.0 Å². The molecule has 0 aromatic carbocycles. The molecule has 0 radical (unpaired) electrons. The van der Waals surface area contributed by atoms with Gasteiger partial charge >= 0.3 is 0 Å². The Bertz CT molecular complexity index is 400. The minimum Gasteiger partial charge on any atom is -0.337 e. The average Bonchev–Trinajstić information content (AvgIpc) is 2.32. The molecule has 4 N–H and O–H groups in total. The van der Waals surface area contributed by atoms with E-state index in [0.29, 0.717) is 0 Å². The number of allylic oxidation sites excluding steroid dienone is 1. The highest BCUT2D eigenvalue weighted by atomic mass is 14.9. The van der Waals surface area contributed by atoms with E-state index < -0.39 is 0 Å². The van der Waals surface area contributed by atoms with Crippen LogP contribution in [-0.2, 0) is 6.42 Å². The van der Waals surface area contributed by atoms with Gasteiger partial charge in [0.15, 0.2) is 31.0 Å². The van der Waals surface area contributed by atoms with Gasteiger partial charge in [-0.25, -0.2) is 0 Å². The molecule has 0 aliphatic rings. The Labute approximate surface area is 102 Å². The lowest BCUT2D eigenvalue weighted by Crippen LogP contribution is -2.24. The van der Waals surface area contributed by atoms with E-state index in [-0.39, 0.29) is 0 Å². The maximum Gasteiger partial charge on any atom is 0.177 e. The normalized spacial score (nSPS) is 6.71. The van der Waals surface area contributed by atoms with E-state index in [4.69, 9.17) is 10.5 Å². The Morgan fingerprint density at radius 1 is 1.29 bits per heavy atom. The van der Waals surface area contributed by atoms with Crippen LogP contribution in [0.4, 0.5) is 0 Å². The molecule has 0 atom stereocenters. The molecule has 1 rings (SSSR count). The number of rotatable bonds is 3. The van der Waals surface area contributed by atoms with Crippen molar-refractivity contribution < 1.29 is 4.57 Å². The van der Waals surface area contributed by atoms with Gasteiger partial charge in [-0.3, -0.25) is 0 Å². The van der Waals surface area contributed by atoms with Crippen molar-refractivity contribution in [3.05, 3.63) is 49.3 Å². The zero-order valence-corrected chi connectivity index (χ0v) is 9.58. The van der Waals surface area contributed by atoms with Crippen molar-refractivity contribution in [2.45, 2.75) is 6.42 Å². The number of hydrogen-bond acceptors (Lipinski definition) is 4. The smallest absolute Gasteiger partial charge is 0.177 e. The highest BCUT2D eigenvalue weighted by Gasteiger charge is 1.95. The molecule has 17 heavy (non-hydrogen) atoms. The summed E-state index contributed by atoms with van der Waals surface area (Å²) in [4.78, 5) is 0. The lowest BCUT2D eigenvalue weighted by atomic mass is 10.2. The molecular formula is C12H16N5+. The Kier molecular flexibility index (Phi) is 12.9. The third-order valence-corrected chi connectivity index (χ3v) is 1.47. The van der Waals surface area contributed by atoms with Gasteiger partial charge in [0, 0.05) is 11.6 Å². The number of hydrogen-bond donors (Lipinski definition) is 2. The van der Waals surface area contributed by atoms with Gasteiger partial charge in [-0.2, -0.15) is 15.1 Å². The summed E-state index contributed by atoms with van der Waals surface area (Å²) in [5.41, 5.74) is 9.56. The molecule has 5 nitrogen and oxygen atoms in total. The summed E-state index contributed by atoms with van der Waals surface area (Å²) in [6.45, 7) is 7.35. The summed E-state index contributed by atoms with van der Waals surface area (Å²) >= 11 is 0. The standard InChI is InChI=1S/C10H12N.2CH2N2/c1-3-6-10-7-5-8-11(4-2)9-10;2*2-1-3/h3-5,7-9H,1-2,6H2;2*2H2/q+1;;. The van der Waals surface area contributed by atoms with Crippen LogP contribution in [0.5, 0.6) is 0 Å². The van der Waals surface area contributed by atoms with Gasteiger partial charge in [0.2, 0.25) is 0 Å². The second-order valence-electron chi connectivity index (χ2n) is 2.59. The van der Waals surface area contributed by atoms with E-state index in [1.807, 2.05) is 29.1 Å². The summed E-state index contributed by atoms with van der Waals surface area (Å²) in [5, 5.41) is 14.2. The maximum absolute atomic E-state index is 7.10. The van der Waals surface area contributed by atoms with Gasteiger partial charge in [0.25, 0.3) is 0 Å². The minimum absolute atomic E-state index is 0.911. The quantitative estimate of drug-likeness (QED) is 0.344. The lowest BCUT2D eigenvalue weighted by molar-refractivity contribution is -0.568. The van der Waals surface area contributed by atoms with Crippen LogP contribution in [0.2, 0.25) is 0 Å². The topological polar surface area (TPSA) is 103 Å². The minimum atomic E-state index is 0.911. The van der Waals surface area contributed by atoms with Crippen molar-refractivity contribution in [3.8, 4) is 12.4 Å². The molecule has 0 amide bonds. The maximum atomic E-state index is 7.10. The second-order valence-corrected chi connectivity index (χ2v) is 2.59. The van der Waals surface area contributed by atoms with Gasteiger partial charge in [-0.1, -0.05) is 6.08 Å². The Balaban J connectivity index is 0. The molecule has 0 fully saturated rings. The molecule has 1 heterocycles. The average molecular weight is 230 g/mol. The fraction of sp³-hybridized carbons (Fsp3) is 0.0833. The van der Waals surface area contributed by atoms with Crippen molar-refractivity contribution in [1.82, 2.24) is 0 Å². The molecule has 0 aliphatic heterocycles. The zero-order chi connectivity index (χ0) is 13.5. The van der Waals surface area contributed by atoms with Crippen LogP contribution in [0, 0.1) is 22.9 Å². The molecule has 88 valence electrons. The van der Waals surface area contributed by atoms with Crippen molar-refractivity contribution >= 4 is 6.20 Å². The highest BCUT2D eigenvalue weighted by molar-refractivity contribution is 5.11. The molecule has 0 bridgehead atoms. The van der Waals surface area contributed by atoms with Gasteiger partial charge < -0.3 is 11.5 Å². The first kappa shape index (κ1) is 16.6. The highest BCUT2D eigenvalue weighted by Crippen LogP contribution is 1.95. The largest absolute Gasteiger partial charge is 0.337 e. The fourth-order valence-electron chi connectivity index (χ4n) is 0.945. The van der Waals surface area contributed by atoms with Crippen LogP contribution in [-0.4, -0.2) is 0 Å². The molecular weight excluding hydrogens is 214 g/mol. The first-order valence-electron chi connectivity index (χ1n) is 4.62. The molecule has 1 aromatic rings. The van der Waals surface area contributed by atoms with E-state index in [1.54, 1.807) is 6.20 Å². The van der Waals surface area contributed by atoms with E-state index in [9.17, 15) is 0 Å². The molecule has 0 spiro atoms. The number of pyridine rings is 1. The molecule has 5 heteroatoms. The van der Waals surface area contributed by atoms with E-state index in [0.717, 1.165) is 6.42 Å². The molecule has 1 aromatic heterocycles. The van der Waals surface area contributed by atoms with Crippen molar-refractivity contribution in [1.29, 1.82) is 10.5 Å². The van der Waals surface area contributed by atoms with Crippen LogP contribution >= 0.6 is 0 Å². The molecule has 0 unspecified atom stereocenters. The number of nitrogens with zero attached hydrogens (tertiary/aromatic N) is 3. The van der Waals surface area contributed by atoms with Crippen LogP contribution in [0.1, 0.15) is 5.56 Å². The van der Waals surface area contributed by atoms with Gasteiger partial charge in [-0.15, -0.1) is 6.58 Å². The summed E-state index contributed by atoms with van der Waals surface area (Å²) in [7, 11) is 0. The number of nitriles is 2. The van der Waals surface area contributed by atoms with Crippen molar-refractivity contribution in [2.24, 2.45) is 11.5 Å². The SMILES string of the molecule is C=CCc1ccc[n+](C=C)c1.N#CN.N#CN. The van der Waals surface area contributed by atoms with Crippen LogP contribution in [0.15, 0.2) is 43.8 Å².